The van der Waals surface area contributed by atoms with Gasteiger partial charge in [-0.05, 0) is 56.3 Å². The molecule has 0 fully saturated rings. The summed E-state index contributed by atoms with van der Waals surface area (Å²) in [7, 11) is 0. The van der Waals surface area contributed by atoms with E-state index in [-0.39, 0.29) is 11.2 Å². The van der Waals surface area contributed by atoms with Crippen molar-refractivity contribution in [2.24, 2.45) is 0 Å². The second kappa shape index (κ2) is 8.76. The summed E-state index contributed by atoms with van der Waals surface area (Å²) in [6.45, 7) is 3.88. The zero-order chi connectivity index (χ0) is 17.5. The molecule has 1 N–H and O–H groups in total. The number of amides is 1. The molecular formula is C18H18ClNO3S. The Bertz CT molecular complexity index is 718. The third kappa shape index (κ3) is 5.28. The van der Waals surface area contributed by atoms with Crippen LogP contribution in [0.3, 0.4) is 0 Å². The maximum atomic E-state index is 12.3. The zero-order valence-corrected chi connectivity index (χ0v) is 15.0. The van der Waals surface area contributed by atoms with Crippen molar-refractivity contribution in [2.75, 3.05) is 11.9 Å². The van der Waals surface area contributed by atoms with E-state index in [4.69, 9.17) is 16.3 Å². The average molecular weight is 364 g/mol. The number of nitrogens with one attached hydrogen (secondary N) is 1. The van der Waals surface area contributed by atoms with Gasteiger partial charge >= 0.3 is 5.97 Å². The van der Waals surface area contributed by atoms with E-state index in [1.54, 1.807) is 43.3 Å². The topological polar surface area (TPSA) is 55.4 Å². The summed E-state index contributed by atoms with van der Waals surface area (Å²) >= 11 is 7.29. The minimum Gasteiger partial charge on any atom is -0.462 e. The lowest BCUT2D eigenvalue weighted by Gasteiger charge is -2.12. The molecule has 0 spiro atoms. The fourth-order valence-electron chi connectivity index (χ4n) is 1.95. The second-order valence-electron chi connectivity index (χ2n) is 5.00. The molecule has 4 nitrogen and oxygen atoms in total. The first-order chi connectivity index (χ1) is 11.5. The molecule has 0 aliphatic heterocycles. The fourth-order valence-corrected chi connectivity index (χ4v) is 2.95. The molecular weight excluding hydrogens is 346 g/mol. The zero-order valence-electron chi connectivity index (χ0n) is 13.4. The van der Waals surface area contributed by atoms with E-state index in [2.05, 4.69) is 5.32 Å². The summed E-state index contributed by atoms with van der Waals surface area (Å²) in [5.74, 6) is -0.548. The van der Waals surface area contributed by atoms with Crippen molar-refractivity contribution in [3.63, 3.8) is 0 Å². The van der Waals surface area contributed by atoms with Gasteiger partial charge in [0.15, 0.2) is 0 Å². The molecule has 0 saturated heterocycles. The predicted molar refractivity (Wildman–Crippen MR) is 97.8 cm³/mol. The first kappa shape index (κ1) is 18.4. The van der Waals surface area contributed by atoms with E-state index in [1.165, 1.54) is 11.8 Å². The summed E-state index contributed by atoms with van der Waals surface area (Å²) in [4.78, 5) is 25.0. The van der Waals surface area contributed by atoms with Crippen LogP contribution >= 0.6 is 23.4 Å². The molecule has 6 heteroatoms. The lowest BCUT2D eigenvalue weighted by molar-refractivity contribution is -0.115. The number of halogens is 1. The van der Waals surface area contributed by atoms with E-state index >= 15 is 0 Å². The molecule has 2 aromatic rings. The summed E-state index contributed by atoms with van der Waals surface area (Å²) in [5, 5.41) is 3.18. The van der Waals surface area contributed by atoms with Crippen molar-refractivity contribution in [1.29, 1.82) is 0 Å². The van der Waals surface area contributed by atoms with Crippen LogP contribution in [0.15, 0.2) is 53.4 Å². The average Bonchev–Trinajstić information content (AvgIpc) is 2.57. The Balaban J connectivity index is 1.99. The maximum Gasteiger partial charge on any atom is 0.338 e. The van der Waals surface area contributed by atoms with E-state index < -0.39 is 5.97 Å². The van der Waals surface area contributed by atoms with Gasteiger partial charge in [-0.1, -0.05) is 17.7 Å². The van der Waals surface area contributed by atoms with Gasteiger partial charge in [-0.25, -0.2) is 4.79 Å². The predicted octanol–water partition coefficient (Wildman–Crippen LogP) is 4.64. The summed E-state index contributed by atoms with van der Waals surface area (Å²) in [5.41, 5.74) is 0.974. The van der Waals surface area contributed by atoms with Gasteiger partial charge < -0.3 is 10.1 Å². The van der Waals surface area contributed by atoms with Gasteiger partial charge in [0.25, 0.3) is 0 Å². The Kier molecular flexibility index (Phi) is 6.70. The number of hydrogen-bond acceptors (Lipinski definition) is 4. The van der Waals surface area contributed by atoms with Crippen LogP contribution in [-0.4, -0.2) is 23.7 Å². The molecule has 1 atom stereocenters. The smallest absolute Gasteiger partial charge is 0.338 e. The van der Waals surface area contributed by atoms with Gasteiger partial charge in [0.05, 0.1) is 17.4 Å². The number of thioether (sulfide) groups is 1. The molecule has 126 valence electrons. The second-order valence-corrected chi connectivity index (χ2v) is 6.86. The Morgan fingerprint density at radius 1 is 1.21 bits per heavy atom. The number of carbonyl (C=O) groups excluding carboxylic acids is 2. The monoisotopic (exact) mass is 363 g/mol. The molecule has 0 aliphatic carbocycles. The molecule has 0 saturated carbocycles. The largest absolute Gasteiger partial charge is 0.462 e. The van der Waals surface area contributed by atoms with Crippen molar-refractivity contribution < 1.29 is 14.3 Å². The minimum absolute atomic E-state index is 0.143. The number of hydrogen-bond donors (Lipinski definition) is 1. The van der Waals surface area contributed by atoms with Gasteiger partial charge in [0, 0.05) is 15.6 Å². The van der Waals surface area contributed by atoms with Crippen LogP contribution in [-0.2, 0) is 9.53 Å². The Morgan fingerprint density at radius 3 is 2.58 bits per heavy atom. The molecule has 0 bridgehead atoms. The summed E-state index contributed by atoms with van der Waals surface area (Å²) < 4.78 is 4.96. The van der Waals surface area contributed by atoms with Gasteiger partial charge in [-0.15, -0.1) is 11.8 Å². The first-order valence-corrected chi connectivity index (χ1v) is 8.75. The van der Waals surface area contributed by atoms with E-state index in [0.29, 0.717) is 22.9 Å². The number of rotatable bonds is 6. The van der Waals surface area contributed by atoms with Gasteiger partial charge in [-0.3, -0.25) is 4.79 Å². The Labute approximate surface area is 150 Å². The molecule has 0 aliphatic rings. The Hall–Kier alpha value is -1.98. The highest BCUT2D eigenvalue weighted by Gasteiger charge is 2.15. The van der Waals surface area contributed by atoms with Crippen LogP contribution in [0.4, 0.5) is 5.69 Å². The molecule has 0 radical (unpaired) electrons. The van der Waals surface area contributed by atoms with Crippen LogP contribution in [0.1, 0.15) is 24.2 Å². The van der Waals surface area contributed by atoms with Gasteiger partial charge in [0.1, 0.15) is 0 Å². The van der Waals surface area contributed by atoms with E-state index in [1.807, 2.05) is 19.1 Å². The first-order valence-electron chi connectivity index (χ1n) is 7.50. The molecule has 1 amide bonds. The van der Waals surface area contributed by atoms with Crippen LogP contribution < -0.4 is 5.32 Å². The van der Waals surface area contributed by atoms with Gasteiger partial charge in [-0.2, -0.15) is 0 Å². The van der Waals surface area contributed by atoms with E-state index in [0.717, 1.165) is 4.90 Å². The molecule has 1 unspecified atom stereocenters. The molecule has 2 aromatic carbocycles. The third-order valence-electron chi connectivity index (χ3n) is 3.14. The van der Waals surface area contributed by atoms with E-state index in [9.17, 15) is 9.59 Å². The van der Waals surface area contributed by atoms with Crippen LogP contribution in [0.5, 0.6) is 0 Å². The quantitative estimate of drug-likeness (QED) is 0.600. The van der Waals surface area contributed by atoms with Crippen molar-refractivity contribution in [1.82, 2.24) is 0 Å². The minimum atomic E-state index is -0.405. The summed E-state index contributed by atoms with van der Waals surface area (Å²) in [6.07, 6.45) is 0. The molecule has 0 heterocycles. The highest BCUT2D eigenvalue weighted by molar-refractivity contribution is 8.00. The van der Waals surface area contributed by atoms with Crippen molar-refractivity contribution in [2.45, 2.75) is 24.0 Å². The number of anilines is 1. The van der Waals surface area contributed by atoms with Crippen LogP contribution in [0.25, 0.3) is 0 Å². The highest BCUT2D eigenvalue weighted by atomic mass is 35.5. The third-order valence-corrected chi connectivity index (χ3v) is 4.50. The molecule has 24 heavy (non-hydrogen) atoms. The van der Waals surface area contributed by atoms with Crippen LogP contribution in [0, 0.1) is 0 Å². The normalized spacial score (nSPS) is 11.6. The maximum absolute atomic E-state index is 12.3. The van der Waals surface area contributed by atoms with Crippen LogP contribution in [0.2, 0.25) is 5.02 Å². The fraction of sp³-hybridized carbons (Fsp3) is 0.222. The number of benzene rings is 2. The Morgan fingerprint density at radius 2 is 1.92 bits per heavy atom. The van der Waals surface area contributed by atoms with Gasteiger partial charge in [0.2, 0.25) is 5.91 Å². The summed E-state index contributed by atoms with van der Waals surface area (Å²) in [6, 6.07) is 14.0. The molecule has 2 rings (SSSR count). The lowest BCUT2D eigenvalue weighted by Crippen LogP contribution is -2.22. The standard InChI is InChI=1S/C18H18ClNO3S/c1-3-23-18(22)13-5-4-6-15(11-13)20-17(21)12(2)24-16-9-7-14(19)8-10-16/h4-12H,3H2,1-2H3,(H,20,21). The number of ether oxygens (including phenoxy) is 1. The SMILES string of the molecule is CCOC(=O)c1cccc(NC(=O)C(C)Sc2ccc(Cl)cc2)c1. The molecule has 0 aromatic heterocycles. The highest BCUT2D eigenvalue weighted by Crippen LogP contribution is 2.25. The number of carbonyl (C=O) groups is 2. The lowest BCUT2D eigenvalue weighted by atomic mass is 10.2. The van der Waals surface area contributed by atoms with Crippen molar-refractivity contribution in [3.8, 4) is 0 Å². The van der Waals surface area contributed by atoms with Crippen molar-refractivity contribution >= 4 is 40.9 Å². The van der Waals surface area contributed by atoms with Crippen molar-refractivity contribution in [3.05, 3.63) is 59.1 Å². The number of esters is 1.